The number of halogens is 1. The zero-order valence-electron chi connectivity index (χ0n) is 10.7. The van der Waals surface area contributed by atoms with E-state index in [0.29, 0.717) is 0 Å². The summed E-state index contributed by atoms with van der Waals surface area (Å²) < 4.78 is 0. The zero-order chi connectivity index (χ0) is 12.3. The Bertz CT molecular complexity index is 560. The van der Waals surface area contributed by atoms with Crippen LogP contribution in [0.1, 0.15) is 29.3 Å². The van der Waals surface area contributed by atoms with Crippen LogP contribution >= 0.6 is 12.4 Å². The lowest BCUT2D eigenvalue weighted by atomic mass is 9.99. The van der Waals surface area contributed by atoms with E-state index in [1.807, 2.05) is 32.0 Å². The van der Waals surface area contributed by atoms with Gasteiger partial charge in [-0.2, -0.15) is 0 Å². The number of H-pyrrole nitrogens is 1. The number of rotatable bonds is 3. The highest BCUT2D eigenvalue weighted by Gasteiger charge is 2.07. The third-order valence-electron chi connectivity index (χ3n) is 2.95. The number of nitrogens with one attached hydrogen (secondary N) is 1. The molecule has 0 fully saturated rings. The lowest BCUT2D eigenvalue weighted by Crippen LogP contribution is -2.16. The average Bonchev–Trinajstić information content (AvgIpc) is 2.30. The Kier molecular flexibility index (Phi) is 5.17. The molecule has 0 unspecified atom stereocenters. The van der Waals surface area contributed by atoms with E-state index in [-0.39, 0.29) is 18.0 Å². The summed E-state index contributed by atoms with van der Waals surface area (Å²) in [7, 11) is 0. The molecule has 0 radical (unpaired) electrons. The van der Waals surface area contributed by atoms with E-state index in [9.17, 15) is 4.79 Å². The first-order valence-corrected chi connectivity index (χ1v) is 5.96. The van der Waals surface area contributed by atoms with Crippen molar-refractivity contribution in [2.45, 2.75) is 26.7 Å². The molecule has 2 nitrogen and oxygen atoms in total. The molecule has 96 valence electrons. The first kappa shape index (κ1) is 14.5. The predicted octanol–water partition coefficient (Wildman–Crippen LogP) is 3.26. The molecular formula is C15H18ClNO. The molecule has 3 heteroatoms. The van der Waals surface area contributed by atoms with Crippen molar-refractivity contribution in [2.75, 3.05) is 0 Å². The third-order valence-corrected chi connectivity index (χ3v) is 2.95. The number of benzene rings is 1. The Labute approximate surface area is 113 Å². The van der Waals surface area contributed by atoms with Gasteiger partial charge in [-0.1, -0.05) is 37.3 Å². The van der Waals surface area contributed by atoms with E-state index in [4.69, 9.17) is 0 Å². The Morgan fingerprint density at radius 2 is 1.83 bits per heavy atom. The Morgan fingerprint density at radius 1 is 1.17 bits per heavy atom. The van der Waals surface area contributed by atoms with Gasteiger partial charge >= 0.3 is 0 Å². The minimum atomic E-state index is 0. The minimum Gasteiger partial charge on any atom is -0.326 e. The highest BCUT2D eigenvalue weighted by molar-refractivity contribution is 5.85. The molecule has 1 aromatic carbocycles. The molecule has 0 saturated heterocycles. The normalized spacial score (nSPS) is 9.89. The van der Waals surface area contributed by atoms with Crippen LogP contribution in [0.2, 0.25) is 0 Å². The minimum absolute atomic E-state index is 0. The van der Waals surface area contributed by atoms with Gasteiger partial charge in [0.25, 0.3) is 5.56 Å². The maximum Gasteiger partial charge on any atom is 0.251 e. The summed E-state index contributed by atoms with van der Waals surface area (Å²) in [6.45, 7) is 3.95. The summed E-state index contributed by atoms with van der Waals surface area (Å²) in [5.74, 6) is 0. The van der Waals surface area contributed by atoms with Crippen molar-refractivity contribution >= 4 is 12.4 Å². The van der Waals surface area contributed by atoms with E-state index < -0.39 is 0 Å². The van der Waals surface area contributed by atoms with Crippen molar-refractivity contribution in [3.63, 3.8) is 0 Å². The first-order valence-electron chi connectivity index (χ1n) is 5.96. The molecule has 1 aromatic heterocycles. The van der Waals surface area contributed by atoms with Gasteiger partial charge in [-0.3, -0.25) is 4.79 Å². The van der Waals surface area contributed by atoms with Gasteiger partial charge in [-0.05, 0) is 37.0 Å². The van der Waals surface area contributed by atoms with Crippen LogP contribution in [-0.2, 0) is 12.8 Å². The maximum atomic E-state index is 11.8. The van der Waals surface area contributed by atoms with Crippen molar-refractivity contribution in [1.82, 2.24) is 4.98 Å². The van der Waals surface area contributed by atoms with E-state index in [1.165, 1.54) is 5.56 Å². The Balaban J connectivity index is 0.00000162. The van der Waals surface area contributed by atoms with E-state index >= 15 is 0 Å². The number of pyridine rings is 1. The SMILES string of the molecule is CCc1c(Cc2ccccc2)cc(C)[nH]c1=O.Cl. The summed E-state index contributed by atoms with van der Waals surface area (Å²) in [5.41, 5.74) is 4.27. The monoisotopic (exact) mass is 263 g/mol. The molecule has 1 N–H and O–H groups in total. The van der Waals surface area contributed by atoms with Gasteiger partial charge < -0.3 is 4.98 Å². The standard InChI is InChI=1S/C15H17NO.ClH/c1-3-14-13(9-11(2)16-15(14)17)10-12-7-5-4-6-8-12;/h4-9H,3,10H2,1-2H3,(H,16,17);1H. The van der Waals surface area contributed by atoms with E-state index in [1.54, 1.807) is 0 Å². The molecule has 0 aliphatic rings. The molecule has 2 aromatic rings. The summed E-state index contributed by atoms with van der Waals surface area (Å²) >= 11 is 0. The van der Waals surface area contributed by atoms with Crippen molar-refractivity contribution in [1.29, 1.82) is 0 Å². The van der Waals surface area contributed by atoms with Crippen molar-refractivity contribution in [2.24, 2.45) is 0 Å². The lowest BCUT2D eigenvalue weighted by molar-refractivity contribution is 0.978. The van der Waals surface area contributed by atoms with Crippen molar-refractivity contribution in [3.05, 3.63) is 69.1 Å². The molecule has 2 rings (SSSR count). The van der Waals surface area contributed by atoms with Gasteiger partial charge in [0.2, 0.25) is 0 Å². The van der Waals surface area contributed by atoms with Crippen LogP contribution in [0.15, 0.2) is 41.2 Å². The third kappa shape index (κ3) is 3.23. The highest BCUT2D eigenvalue weighted by atomic mass is 35.5. The van der Waals surface area contributed by atoms with Gasteiger partial charge in [0, 0.05) is 11.3 Å². The average molecular weight is 264 g/mol. The molecule has 18 heavy (non-hydrogen) atoms. The number of aryl methyl sites for hydroxylation is 1. The van der Waals surface area contributed by atoms with Crippen molar-refractivity contribution < 1.29 is 0 Å². The van der Waals surface area contributed by atoms with Crippen LogP contribution in [0.25, 0.3) is 0 Å². The van der Waals surface area contributed by atoms with Crippen LogP contribution in [0, 0.1) is 6.92 Å². The number of aromatic nitrogens is 1. The zero-order valence-corrected chi connectivity index (χ0v) is 11.5. The molecular weight excluding hydrogens is 246 g/mol. The fourth-order valence-electron chi connectivity index (χ4n) is 2.15. The van der Waals surface area contributed by atoms with Gasteiger partial charge in [-0.15, -0.1) is 12.4 Å². The van der Waals surface area contributed by atoms with Gasteiger partial charge in [-0.25, -0.2) is 0 Å². The largest absolute Gasteiger partial charge is 0.326 e. The molecule has 0 amide bonds. The van der Waals surface area contributed by atoms with Crippen molar-refractivity contribution in [3.8, 4) is 0 Å². The topological polar surface area (TPSA) is 32.9 Å². The molecule has 0 aliphatic carbocycles. The molecule has 0 saturated carbocycles. The van der Waals surface area contributed by atoms with Crippen LogP contribution in [0.4, 0.5) is 0 Å². The van der Waals surface area contributed by atoms with Crippen LogP contribution in [0.3, 0.4) is 0 Å². The Morgan fingerprint density at radius 3 is 2.44 bits per heavy atom. The Hall–Kier alpha value is -1.54. The molecule has 0 atom stereocenters. The molecule has 0 bridgehead atoms. The summed E-state index contributed by atoms with van der Waals surface area (Å²) in [5, 5.41) is 0. The fraction of sp³-hybridized carbons (Fsp3) is 0.267. The molecule has 1 heterocycles. The van der Waals surface area contributed by atoms with Gasteiger partial charge in [0.15, 0.2) is 0 Å². The second kappa shape index (κ2) is 6.41. The second-order valence-corrected chi connectivity index (χ2v) is 4.30. The molecule has 0 aliphatic heterocycles. The van der Waals surface area contributed by atoms with Crippen LogP contribution in [-0.4, -0.2) is 4.98 Å². The van der Waals surface area contributed by atoms with Gasteiger partial charge in [0.05, 0.1) is 0 Å². The van der Waals surface area contributed by atoms with Gasteiger partial charge in [0.1, 0.15) is 0 Å². The first-order chi connectivity index (χ1) is 8.20. The number of aromatic amines is 1. The lowest BCUT2D eigenvalue weighted by Gasteiger charge is -2.08. The maximum absolute atomic E-state index is 11.8. The summed E-state index contributed by atoms with van der Waals surface area (Å²) in [6.07, 6.45) is 1.60. The highest BCUT2D eigenvalue weighted by Crippen LogP contribution is 2.12. The summed E-state index contributed by atoms with van der Waals surface area (Å²) in [4.78, 5) is 14.7. The number of hydrogen-bond donors (Lipinski definition) is 1. The fourth-order valence-corrected chi connectivity index (χ4v) is 2.15. The second-order valence-electron chi connectivity index (χ2n) is 4.30. The summed E-state index contributed by atoms with van der Waals surface area (Å²) in [6, 6.07) is 12.3. The molecule has 0 spiro atoms. The van der Waals surface area contributed by atoms with E-state index in [2.05, 4.69) is 23.2 Å². The smallest absolute Gasteiger partial charge is 0.251 e. The quantitative estimate of drug-likeness (QED) is 0.906. The van der Waals surface area contributed by atoms with Crippen LogP contribution < -0.4 is 5.56 Å². The predicted molar refractivity (Wildman–Crippen MR) is 77.7 cm³/mol. The van der Waals surface area contributed by atoms with Crippen LogP contribution in [0.5, 0.6) is 0 Å². The number of hydrogen-bond acceptors (Lipinski definition) is 1. The van der Waals surface area contributed by atoms with E-state index in [0.717, 1.165) is 29.7 Å².